The van der Waals surface area contributed by atoms with Gasteiger partial charge in [-0.05, 0) is 53.4 Å². The number of halogens is 2. The topological polar surface area (TPSA) is 41.1 Å². The maximum Gasteiger partial charge on any atom is 0.157 e. The minimum Gasteiger partial charge on any atom is -0.291 e. The van der Waals surface area contributed by atoms with Crippen LogP contribution in [0.4, 0.5) is 0 Å². The average Bonchev–Trinajstić information content (AvgIpc) is 3.41. The third kappa shape index (κ3) is 3.18. The highest BCUT2D eigenvalue weighted by atomic mass is 35.5. The summed E-state index contributed by atoms with van der Waals surface area (Å²) in [5.74, 6) is 0. The number of aromatic nitrogens is 2. The average molecular weight is 446 g/mol. The first-order valence-electron chi connectivity index (χ1n) is 9.17. The number of pyridine rings is 1. The number of thiophene rings is 1. The highest BCUT2D eigenvalue weighted by Gasteiger charge is 2.17. The molecular weight excluding hydrogens is 433 g/mol. The van der Waals surface area contributed by atoms with Crippen LogP contribution in [0.3, 0.4) is 0 Å². The number of hydrogen-bond donors (Lipinski definition) is 0. The van der Waals surface area contributed by atoms with E-state index in [4.69, 9.17) is 28.2 Å². The summed E-state index contributed by atoms with van der Waals surface area (Å²) in [6.07, 6.45) is 3.98. The number of rotatable bonds is 3. The molecule has 0 radical (unpaired) electrons. The third-order valence-electron chi connectivity index (χ3n) is 4.90. The normalized spacial score (nSPS) is 11.5. The molecule has 3 heterocycles. The van der Waals surface area contributed by atoms with E-state index in [9.17, 15) is 5.26 Å². The summed E-state index contributed by atoms with van der Waals surface area (Å²) in [7, 11) is 0. The quantitative estimate of drug-likeness (QED) is 0.287. The van der Waals surface area contributed by atoms with Crippen LogP contribution in [-0.2, 0) is 0 Å². The van der Waals surface area contributed by atoms with E-state index in [1.165, 1.54) is 0 Å². The standard InChI is InChI=1S/C24H13Cl2N3S/c25-19-10-8-16(12-20(19)26)23-13-15(7-9-17-4-3-11-30-17)18(14-27)24-28-21-5-1-2-6-22(21)29(23)24/h1-13H/b9-7+. The van der Waals surface area contributed by atoms with Gasteiger partial charge in [0.1, 0.15) is 11.6 Å². The fourth-order valence-corrected chi connectivity index (χ4v) is 4.44. The Morgan fingerprint density at radius 3 is 2.60 bits per heavy atom. The van der Waals surface area contributed by atoms with Crippen LogP contribution < -0.4 is 0 Å². The first-order chi connectivity index (χ1) is 14.7. The van der Waals surface area contributed by atoms with E-state index in [1.807, 2.05) is 76.5 Å². The zero-order valence-electron chi connectivity index (χ0n) is 15.5. The Labute approximate surface area is 187 Å². The number of nitriles is 1. The molecule has 0 aliphatic heterocycles. The Bertz CT molecular complexity index is 1470. The van der Waals surface area contributed by atoms with Crippen molar-refractivity contribution in [1.82, 2.24) is 9.38 Å². The van der Waals surface area contributed by atoms with Gasteiger partial charge in [0.05, 0.1) is 26.8 Å². The van der Waals surface area contributed by atoms with Gasteiger partial charge in [-0.3, -0.25) is 4.40 Å². The lowest BCUT2D eigenvalue weighted by molar-refractivity contribution is 1.21. The van der Waals surface area contributed by atoms with Crippen LogP contribution in [0.5, 0.6) is 0 Å². The van der Waals surface area contributed by atoms with Crippen LogP contribution in [0.15, 0.2) is 66.0 Å². The number of imidazole rings is 1. The summed E-state index contributed by atoms with van der Waals surface area (Å²) in [5, 5.41) is 13.0. The van der Waals surface area contributed by atoms with E-state index in [0.717, 1.165) is 32.7 Å². The Kier molecular flexibility index (Phi) is 4.80. The van der Waals surface area contributed by atoms with Gasteiger partial charge in [0, 0.05) is 10.4 Å². The van der Waals surface area contributed by atoms with E-state index in [2.05, 4.69) is 6.07 Å². The van der Waals surface area contributed by atoms with Crippen molar-refractivity contribution in [2.75, 3.05) is 0 Å². The second kappa shape index (κ2) is 7.62. The van der Waals surface area contributed by atoms with E-state index in [1.54, 1.807) is 17.4 Å². The van der Waals surface area contributed by atoms with E-state index in [-0.39, 0.29) is 0 Å². The third-order valence-corrected chi connectivity index (χ3v) is 6.48. The fraction of sp³-hybridized carbons (Fsp3) is 0. The van der Waals surface area contributed by atoms with Crippen LogP contribution in [0.1, 0.15) is 16.0 Å². The first-order valence-corrected chi connectivity index (χ1v) is 10.8. The van der Waals surface area contributed by atoms with Crippen molar-refractivity contribution in [3.8, 4) is 17.3 Å². The van der Waals surface area contributed by atoms with Crippen LogP contribution in [-0.4, -0.2) is 9.38 Å². The summed E-state index contributed by atoms with van der Waals surface area (Å²) in [6, 6.07) is 21.8. The summed E-state index contributed by atoms with van der Waals surface area (Å²) < 4.78 is 2.01. The van der Waals surface area contributed by atoms with Crippen molar-refractivity contribution in [3.05, 3.63) is 92.1 Å². The molecule has 5 rings (SSSR count). The van der Waals surface area contributed by atoms with Crippen LogP contribution in [0.25, 0.3) is 40.1 Å². The monoisotopic (exact) mass is 445 g/mol. The molecule has 3 aromatic heterocycles. The fourth-order valence-electron chi connectivity index (χ4n) is 3.52. The second-order valence-electron chi connectivity index (χ2n) is 6.71. The van der Waals surface area contributed by atoms with Crippen molar-refractivity contribution >= 4 is 63.4 Å². The molecule has 0 aliphatic rings. The molecule has 0 fully saturated rings. The highest BCUT2D eigenvalue weighted by molar-refractivity contribution is 7.10. The molecule has 3 nitrogen and oxygen atoms in total. The Hall–Kier alpha value is -3.10. The Morgan fingerprint density at radius 1 is 0.967 bits per heavy atom. The number of nitrogens with zero attached hydrogens (tertiary/aromatic N) is 3. The lowest BCUT2D eigenvalue weighted by Crippen LogP contribution is -1.98. The molecule has 0 saturated carbocycles. The highest BCUT2D eigenvalue weighted by Crippen LogP contribution is 2.34. The predicted molar refractivity (Wildman–Crippen MR) is 126 cm³/mol. The Balaban J connectivity index is 1.86. The lowest BCUT2D eigenvalue weighted by atomic mass is 10.0. The summed E-state index contributed by atoms with van der Waals surface area (Å²) in [4.78, 5) is 5.88. The van der Waals surface area contributed by atoms with Crippen molar-refractivity contribution in [2.45, 2.75) is 0 Å². The maximum atomic E-state index is 9.97. The number of benzene rings is 2. The molecule has 2 aromatic carbocycles. The molecule has 0 aliphatic carbocycles. The van der Waals surface area contributed by atoms with E-state index >= 15 is 0 Å². The zero-order valence-corrected chi connectivity index (χ0v) is 17.8. The van der Waals surface area contributed by atoms with Crippen molar-refractivity contribution < 1.29 is 0 Å². The van der Waals surface area contributed by atoms with Gasteiger partial charge in [-0.1, -0.05) is 53.5 Å². The number of fused-ring (bicyclic) bond motifs is 3. The van der Waals surface area contributed by atoms with E-state index in [0.29, 0.717) is 21.3 Å². The van der Waals surface area contributed by atoms with Gasteiger partial charge in [0.2, 0.25) is 0 Å². The summed E-state index contributed by atoms with van der Waals surface area (Å²) in [6.45, 7) is 0. The molecule has 0 bridgehead atoms. The van der Waals surface area contributed by atoms with Gasteiger partial charge in [-0.15, -0.1) is 11.3 Å². The van der Waals surface area contributed by atoms with Crippen molar-refractivity contribution in [2.24, 2.45) is 0 Å². The van der Waals surface area contributed by atoms with Gasteiger partial charge in [0.15, 0.2) is 5.65 Å². The van der Waals surface area contributed by atoms with Crippen LogP contribution in [0.2, 0.25) is 10.0 Å². The molecule has 5 aromatic rings. The molecule has 0 N–H and O–H groups in total. The Morgan fingerprint density at radius 2 is 1.83 bits per heavy atom. The molecular formula is C24H13Cl2N3S. The summed E-state index contributed by atoms with van der Waals surface area (Å²) in [5.41, 5.74) is 5.49. The minimum atomic E-state index is 0.478. The number of para-hydroxylation sites is 2. The van der Waals surface area contributed by atoms with Crippen LogP contribution in [0, 0.1) is 11.3 Å². The molecule has 0 saturated heterocycles. The maximum absolute atomic E-state index is 9.97. The van der Waals surface area contributed by atoms with Gasteiger partial charge >= 0.3 is 0 Å². The smallest absolute Gasteiger partial charge is 0.157 e. The summed E-state index contributed by atoms with van der Waals surface area (Å²) >= 11 is 14.1. The largest absolute Gasteiger partial charge is 0.291 e. The second-order valence-corrected chi connectivity index (χ2v) is 8.50. The van der Waals surface area contributed by atoms with Gasteiger partial charge < -0.3 is 0 Å². The lowest BCUT2D eigenvalue weighted by Gasteiger charge is -2.11. The molecule has 144 valence electrons. The van der Waals surface area contributed by atoms with Gasteiger partial charge in [0.25, 0.3) is 0 Å². The van der Waals surface area contributed by atoms with Crippen molar-refractivity contribution in [1.29, 1.82) is 5.26 Å². The van der Waals surface area contributed by atoms with Crippen molar-refractivity contribution in [3.63, 3.8) is 0 Å². The molecule has 30 heavy (non-hydrogen) atoms. The van der Waals surface area contributed by atoms with Gasteiger partial charge in [-0.25, -0.2) is 4.98 Å². The van der Waals surface area contributed by atoms with Gasteiger partial charge in [-0.2, -0.15) is 5.26 Å². The SMILES string of the molecule is N#Cc1c(/C=C/c2cccs2)cc(-c2ccc(Cl)c(Cl)c2)n2c1nc1ccccc12. The molecule has 0 amide bonds. The predicted octanol–water partition coefficient (Wildman–Crippen LogP) is 7.56. The minimum absolute atomic E-state index is 0.478. The van der Waals surface area contributed by atoms with Crippen LogP contribution >= 0.6 is 34.5 Å². The molecule has 0 atom stereocenters. The first kappa shape index (κ1) is 18.9. The molecule has 0 unspecified atom stereocenters. The zero-order chi connectivity index (χ0) is 20.7. The molecule has 0 spiro atoms. The number of hydrogen-bond acceptors (Lipinski definition) is 3. The molecule has 6 heteroatoms. The van der Waals surface area contributed by atoms with E-state index < -0.39 is 0 Å².